The van der Waals surface area contributed by atoms with Crippen molar-refractivity contribution in [2.45, 2.75) is 26.4 Å². The van der Waals surface area contributed by atoms with E-state index in [0.29, 0.717) is 12.2 Å². The maximum atomic E-state index is 12.9. The lowest BCUT2D eigenvalue weighted by Crippen LogP contribution is -2.48. The van der Waals surface area contributed by atoms with Gasteiger partial charge in [-0.05, 0) is 43.7 Å². The van der Waals surface area contributed by atoms with E-state index in [2.05, 4.69) is 0 Å². The van der Waals surface area contributed by atoms with Crippen LogP contribution in [0.25, 0.3) is 0 Å². The number of rotatable bonds is 7. The zero-order valence-corrected chi connectivity index (χ0v) is 17.2. The van der Waals surface area contributed by atoms with E-state index in [9.17, 15) is 13.2 Å². The maximum Gasteiger partial charge on any atom is 0.246 e. The molecule has 0 heterocycles. The van der Waals surface area contributed by atoms with E-state index < -0.39 is 16.1 Å². The standard InChI is InChI=1S/C20H26N2O4S/c1-15-6-10-18(11-7-15)22(27(5,24)25)16(2)20(23)21(3)14-17-8-12-19(26-4)13-9-17/h6-13,16H,14H2,1-5H3/t16-/m1/s1. The van der Waals surface area contributed by atoms with Crippen LogP contribution in [0.2, 0.25) is 0 Å². The van der Waals surface area contributed by atoms with E-state index in [0.717, 1.165) is 23.1 Å². The molecule has 0 saturated carbocycles. The zero-order chi connectivity index (χ0) is 20.2. The molecule has 0 aliphatic carbocycles. The number of hydrogen-bond donors (Lipinski definition) is 0. The molecule has 6 nitrogen and oxygen atoms in total. The third kappa shape index (κ3) is 5.23. The molecule has 2 aromatic carbocycles. The van der Waals surface area contributed by atoms with Crippen molar-refractivity contribution in [3.63, 3.8) is 0 Å². The second-order valence-electron chi connectivity index (χ2n) is 6.61. The van der Waals surface area contributed by atoms with E-state index >= 15 is 0 Å². The lowest BCUT2D eigenvalue weighted by Gasteiger charge is -2.31. The Hall–Kier alpha value is -2.54. The lowest BCUT2D eigenvalue weighted by molar-refractivity contribution is -0.131. The number of sulfonamides is 1. The quantitative estimate of drug-likeness (QED) is 0.729. The molecule has 146 valence electrons. The van der Waals surface area contributed by atoms with Crippen LogP contribution in [0.5, 0.6) is 5.75 Å². The SMILES string of the molecule is COc1ccc(CN(C)C(=O)[C@@H](C)N(c2ccc(C)cc2)S(C)(=O)=O)cc1. The largest absolute Gasteiger partial charge is 0.497 e. The van der Waals surface area contributed by atoms with Crippen LogP contribution in [-0.4, -0.2) is 45.7 Å². The van der Waals surface area contributed by atoms with Crippen molar-refractivity contribution in [3.05, 3.63) is 59.7 Å². The number of likely N-dealkylation sites (N-methyl/N-ethyl adjacent to an activating group) is 1. The molecule has 0 radical (unpaired) electrons. The fourth-order valence-corrected chi connectivity index (χ4v) is 4.07. The van der Waals surface area contributed by atoms with Gasteiger partial charge in [-0.3, -0.25) is 9.10 Å². The normalized spacial score (nSPS) is 12.3. The number of benzene rings is 2. The highest BCUT2D eigenvalue weighted by Crippen LogP contribution is 2.22. The number of nitrogens with zero attached hydrogens (tertiary/aromatic N) is 2. The lowest BCUT2D eigenvalue weighted by atomic mass is 10.2. The minimum atomic E-state index is -3.62. The highest BCUT2D eigenvalue weighted by atomic mass is 32.2. The van der Waals surface area contributed by atoms with Gasteiger partial charge in [0.05, 0.1) is 19.1 Å². The van der Waals surface area contributed by atoms with Crippen molar-refractivity contribution >= 4 is 21.6 Å². The number of methoxy groups -OCH3 is 1. The van der Waals surface area contributed by atoms with Crippen LogP contribution in [0.4, 0.5) is 5.69 Å². The van der Waals surface area contributed by atoms with Crippen molar-refractivity contribution in [3.8, 4) is 5.75 Å². The van der Waals surface area contributed by atoms with Crippen molar-refractivity contribution in [2.24, 2.45) is 0 Å². The molecule has 0 aliphatic heterocycles. The van der Waals surface area contributed by atoms with Gasteiger partial charge >= 0.3 is 0 Å². The van der Waals surface area contributed by atoms with Gasteiger partial charge in [0.25, 0.3) is 0 Å². The Labute approximate surface area is 161 Å². The predicted octanol–water partition coefficient (Wildman–Crippen LogP) is 2.82. The molecule has 0 fully saturated rings. The van der Waals surface area contributed by atoms with Crippen LogP contribution in [-0.2, 0) is 21.4 Å². The van der Waals surface area contributed by atoms with Crippen molar-refractivity contribution in [1.29, 1.82) is 0 Å². The number of aryl methyl sites for hydroxylation is 1. The van der Waals surface area contributed by atoms with Gasteiger partial charge in [-0.2, -0.15) is 0 Å². The summed E-state index contributed by atoms with van der Waals surface area (Å²) in [6, 6.07) is 13.6. The molecule has 2 rings (SSSR count). The van der Waals surface area contributed by atoms with Gasteiger partial charge in [-0.25, -0.2) is 8.42 Å². The number of anilines is 1. The number of carbonyl (C=O) groups is 1. The second-order valence-corrected chi connectivity index (χ2v) is 8.47. The van der Waals surface area contributed by atoms with E-state index in [4.69, 9.17) is 4.74 Å². The van der Waals surface area contributed by atoms with Gasteiger partial charge in [0.15, 0.2) is 0 Å². The third-order valence-electron chi connectivity index (χ3n) is 4.31. The Balaban J connectivity index is 2.21. The molecule has 2 aromatic rings. The molecule has 1 atom stereocenters. The van der Waals surface area contributed by atoms with Gasteiger partial charge < -0.3 is 9.64 Å². The summed E-state index contributed by atoms with van der Waals surface area (Å²) in [5.74, 6) is 0.459. The minimum Gasteiger partial charge on any atom is -0.497 e. The molecule has 0 unspecified atom stereocenters. The molecular weight excluding hydrogens is 364 g/mol. The van der Waals surface area contributed by atoms with Gasteiger partial charge in [-0.1, -0.05) is 29.8 Å². The molecule has 1 amide bonds. The summed E-state index contributed by atoms with van der Waals surface area (Å²) in [7, 11) is -0.361. The van der Waals surface area contributed by atoms with E-state index in [1.165, 1.54) is 9.21 Å². The van der Waals surface area contributed by atoms with Crippen LogP contribution in [0.3, 0.4) is 0 Å². The fourth-order valence-electron chi connectivity index (χ4n) is 2.90. The summed E-state index contributed by atoms with van der Waals surface area (Å²) in [6.07, 6.45) is 1.11. The Morgan fingerprint density at radius 3 is 2.11 bits per heavy atom. The second kappa shape index (κ2) is 8.43. The highest BCUT2D eigenvalue weighted by Gasteiger charge is 2.30. The first-order valence-corrected chi connectivity index (χ1v) is 10.4. The Morgan fingerprint density at radius 1 is 1.07 bits per heavy atom. The summed E-state index contributed by atoms with van der Waals surface area (Å²) < 4.78 is 31.0. The van der Waals surface area contributed by atoms with E-state index in [-0.39, 0.29) is 5.91 Å². The maximum absolute atomic E-state index is 12.9. The summed E-state index contributed by atoms with van der Waals surface area (Å²) in [6.45, 7) is 3.90. The number of hydrogen-bond acceptors (Lipinski definition) is 4. The van der Waals surface area contributed by atoms with Gasteiger partial charge in [0.2, 0.25) is 15.9 Å². The molecule has 0 saturated heterocycles. The summed E-state index contributed by atoms with van der Waals surface area (Å²) in [5, 5.41) is 0. The number of amides is 1. The Morgan fingerprint density at radius 2 is 1.63 bits per heavy atom. The van der Waals surface area contributed by atoms with Crippen LogP contribution in [0, 0.1) is 6.92 Å². The molecule has 0 N–H and O–H groups in total. The van der Waals surface area contributed by atoms with Crippen molar-refractivity contribution in [1.82, 2.24) is 4.90 Å². The number of ether oxygens (including phenoxy) is 1. The van der Waals surface area contributed by atoms with Crippen LogP contribution in [0.1, 0.15) is 18.1 Å². The van der Waals surface area contributed by atoms with E-state index in [1.54, 1.807) is 33.2 Å². The smallest absolute Gasteiger partial charge is 0.246 e. The molecule has 7 heteroatoms. The highest BCUT2D eigenvalue weighted by molar-refractivity contribution is 7.92. The average Bonchev–Trinajstić information content (AvgIpc) is 2.62. The van der Waals surface area contributed by atoms with Crippen LogP contribution < -0.4 is 9.04 Å². The Kier molecular flexibility index (Phi) is 6.49. The number of carbonyl (C=O) groups excluding carboxylic acids is 1. The topological polar surface area (TPSA) is 66.9 Å². The minimum absolute atomic E-state index is 0.281. The van der Waals surface area contributed by atoms with Gasteiger partial charge in [-0.15, -0.1) is 0 Å². The molecule has 0 spiro atoms. The first-order valence-electron chi connectivity index (χ1n) is 8.57. The molecular formula is C20H26N2O4S. The van der Waals surface area contributed by atoms with Gasteiger partial charge in [0, 0.05) is 13.6 Å². The van der Waals surface area contributed by atoms with Crippen molar-refractivity contribution in [2.75, 3.05) is 24.7 Å². The zero-order valence-electron chi connectivity index (χ0n) is 16.3. The monoisotopic (exact) mass is 390 g/mol. The molecule has 0 aliphatic rings. The summed E-state index contributed by atoms with van der Waals surface area (Å²) in [4.78, 5) is 14.4. The Bertz CT molecular complexity index is 877. The first kappa shape index (κ1) is 20.8. The van der Waals surface area contributed by atoms with E-state index in [1.807, 2.05) is 43.3 Å². The molecule has 27 heavy (non-hydrogen) atoms. The first-order chi connectivity index (χ1) is 12.6. The summed E-state index contributed by atoms with van der Waals surface area (Å²) >= 11 is 0. The molecule has 0 aromatic heterocycles. The fraction of sp³-hybridized carbons (Fsp3) is 0.350. The van der Waals surface area contributed by atoms with Crippen LogP contribution in [0.15, 0.2) is 48.5 Å². The predicted molar refractivity (Wildman–Crippen MR) is 107 cm³/mol. The average molecular weight is 391 g/mol. The third-order valence-corrected chi connectivity index (χ3v) is 5.55. The molecule has 0 bridgehead atoms. The van der Waals surface area contributed by atoms with Gasteiger partial charge in [0.1, 0.15) is 11.8 Å². The summed E-state index contributed by atoms with van der Waals surface area (Å²) in [5.41, 5.74) is 2.42. The van der Waals surface area contributed by atoms with Crippen LogP contribution >= 0.6 is 0 Å². The van der Waals surface area contributed by atoms with Crippen molar-refractivity contribution < 1.29 is 17.9 Å².